The fourth-order valence-electron chi connectivity index (χ4n) is 2.53. The van der Waals surface area contributed by atoms with Gasteiger partial charge in [0.2, 0.25) is 5.91 Å². The normalized spacial score (nSPS) is 10.6. The molecule has 0 saturated carbocycles. The van der Waals surface area contributed by atoms with Crippen LogP contribution in [0.25, 0.3) is 0 Å². The predicted molar refractivity (Wildman–Crippen MR) is 106 cm³/mol. The number of carbonyl (C=O) groups excluding carboxylic acids is 2. The minimum atomic E-state index is -0.485. The summed E-state index contributed by atoms with van der Waals surface area (Å²) in [5.41, 5.74) is 2.58. The van der Waals surface area contributed by atoms with Gasteiger partial charge in [-0.05, 0) is 56.2 Å². The molecule has 0 saturated heterocycles. The Labute approximate surface area is 163 Å². The van der Waals surface area contributed by atoms with Crippen molar-refractivity contribution in [3.05, 3.63) is 58.9 Å². The van der Waals surface area contributed by atoms with Crippen molar-refractivity contribution in [1.29, 1.82) is 0 Å². The molecule has 6 heteroatoms. The standard InChI is InChI=1S/C21H24FNO3S/c1-14-9-15(2)11-18(10-14)26-8-7-23(4)21(25)13-27-20-6-5-17(16(3)24)12-19(20)22/h5-6,9-12H,7-8,13H2,1-4H3. The number of carbonyl (C=O) groups is 2. The first kappa shape index (κ1) is 21.0. The van der Waals surface area contributed by atoms with Crippen molar-refractivity contribution < 1.29 is 18.7 Å². The summed E-state index contributed by atoms with van der Waals surface area (Å²) in [6.45, 7) is 6.24. The molecule has 0 spiro atoms. The van der Waals surface area contributed by atoms with E-state index in [-0.39, 0.29) is 17.4 Å². The molecule has 0 aliphatic heterocycles. The Morgan fingerprint density at radius 3 is 2.37 bits per heavy atom. The number of thioether (sulfide) groups is 1. The molecule has 0 aliphatic rings. The van der Waals surface area contributed by atoms with Crippen molar-refractivity contribution in [2.24, 2.45) is 0 Å². The summed E-state index contributed by atoms with van der Waals surface area (Å²) in [5, 5.41) is 0. The van der Waals surface area contributed by atoms with Crippen molar-refractivity contribution in [2.45, 2.75) is 25.7 Å². The van der Waals surface area contributed by atoms with Gasteiger partial charge in [0.1, 0.15) is 18.2 Å². The van der Waals surface area contributed by atoms with Crippen LogP contribution in [0.4, 0.5) is 4.39 Å². The first-order valence-corrected chi connectivity index (χ1v) is 9.63. The molecule has 1 amide bonds. The van der Waals surface area contributed by atoms with Gasteiger partial charge in [-0.1, -0.05) is 12.1 Å². The van der Waals surface area contributed by atoms with Gasteiger partial charge in [0.25, 0.3) is 0 Å². The van der Waals surface area contributed by atoms with E-state index < -0.39 is 5.82 Å². The minimum absolute atomic E-state index is 0.112. The number of amides is 1. The van der Waals surface area contributed by atoms with E-state index in [4.69, 9.17) is 4.74 Å². The summed E-state index contributed by atoms with van der Waals surface area (Å²) in [6.07, 6.45) is 0. The highest BCUT2D eigenvalue weighted by Crippen LogP contribution is 2.23. The number of rotatable bonds is 8. The lowest BCUT2D eigenvalue weighted by atomic mass is 10.1. The van der Waals surface area contributed by atoms with Crippen molar-refractivity contribution in [3.63, 3.8) is 0 Å². The zero-order chi connectivity index (χ0) is 20.0. The van der Waals surface area contributed by atoms with Gasteiger partial charge in [-0.3, -0.25) is 9.59 Å². The van der Waals surface area contributed by atoms with Gasteiger partial charge in [-0.25, -0.2) is 4.39 Å². The second-order valence-corrected chi connectivity index (χ2v) is 7.49. The van der Waals surface area contributed by atoms with Crippen molar-refractivity contribution in [2.75, 3.05) is 26.0 Å². The number of benzene rings is 2. The molecule has 27 heavy (non-hydrogen) atoms. The van der Waals surface area contributed by atoms with Gasteiger partial charge in [-0.2, -0.15) is 0 Å². The largest absolute Gasteiger partial charge is 0.492 e. The third-order valence-electron chi connectivity index (χ3n) is 4.01. The van der Waals surface area contributed by atoms with Gasteiger partial charge >= 0.3 is 0 Å². The molecule has 0 unspecified atom stereocenters. The number of Topliss-reactive ketones (excluding diaryl/α,β-unsaturated/α-hetero) is 1. The maximum atomic E-state index is 14.0. The summed E-state index contributed by atoms with van der Waals surface area (Å²) in [5.74, 6) is 0.122. The average molecular weight is 389 g/mol. The Kier molecular flexibility index (Phi) is 7.42. The van der Waals surface area contributed by atoms with Crippen LogP contribution in [0, 0.1) is 19.7 Å². The van der Waals surface area contributed by atoms with Crippen LogP contribution < -0.4 is 4.74 Å². The molecular weight excluding hydrogens is 365 g/mol. The lowest BCUT2D eigenvalue weighted by Gasteiger charge is -2.17. The third-order valence-corrected chi connectivity index (χ3v) is 5.04. The molecule has 0 heterocycles. The van der Waals surface area contributed by atoms with Crippen molar-refractivity contribution in [1.82, 2.24) is 4.90 Å². The first-order chi connectivity index (χ1) is 12.8. The number of likely N-dealkylation sites (N-methyl/N-ethyl adjacent to an activating group) is 1. The highest BCUT2D eigenvalue weighted by molar-refractivity contribution is 8.00. The number of hydrogen-bond donors (Lipinski definition) is 0. The van der Waals surface area contributed by atoms with Crippen molar-refractivity contribution in [3.8, 4) is 5.75 Å². The molecule has 2 aromatic carbocycles. The van der Waals surface area contributed by atoms with Gasteiger partial charge < -0.3 is 9.64 Å². The van der Waals surface area contributed by atoms with Crippen LogP contribution in [-0.2, 0) is 4.79 Å². The first-order valence-electron chi connectivity index (χ1n) is 8.64. The van der Waals surface area contributed by atoms with E-state index in [1.807, 2.05) is 26.0 Å². The molecule has 2 aromatic rings. The van der Waals surface area contributed by atoms with E-state index in [0.717, 1.165) is 28.6 Å². The molecule has 0 aliphatic carbocycles. The van der Waals surface area contributed by atoms with Crippen LogP contribution in [0.3, 0.4) is 0 Å². The topological polar surface area (TPSA) is 46.6 Å². The summed E-state index contributed by atoms with van der Waals surface area (Å²) >= 11 is 1.12. The Morgan fingerprint density at radius 1 is 1.11 bits per heavy atom. The van der Waals surface area contributed by atoms with E-state index in [1.165, 1.54) is 19.1 Å². The van der Waals surface area contributed by atoms with Crippen molar-refractivity contribution >= 4 is 23.5 Å². The highest BCUT2D eigenvalue weighted by Gasteiger charge is 2.12. The zero-order valence-electron chi connectivity index (χ0n) is 16.0. The quantitative estimate of drug-likeness (QED) is 0.500. The summed E-state index contributed by atoms with van der Waals surface area (Å²) in [6, 6.07) is 10.3. The fourth-order valence-corrected chi connectivity index (χ4v) is 3.39. The Bertz CT molecular complexity index is 818. The minimum Gasteiger partial charge on any atom is -0.492 e. The van der Waals surface area contributed by atoms with Gasteiger partial charge in [-0.15, -0.1) is 11.8 Å². The molecule has 4 nitrogen and oxygen atoms in total. The van der Waals surface area contributed by atoms with E-state index >= 15 is 0 Å². The Morgan fingerprint density at radius 2 is 1.78 bits per heavy atom. The van der Waals surface area contributed by atoms with Gasteiger partial charge in [0.15, 0.2) is 5.78 Å². The SMILES string of the molecule is CC(=O)c1ccc(SCC(=O)N(C)CCOc2cc(C)cc(C)c2)c(F)c1. The fraction of sp³-hybridized carbons (Fsp3) is 0.333. The van der Waals surface area contributed by atoms with E-state index in [2.05, 4.69) is 6.07 Å². The molecule has 0 N–H and O–H groups in total. The number of ether oxygens (including phenoxy) is 1. The van der Waals surface area contributed by atoms with Crippen LogP contribution in [-0.4, -0.2) is 42.5 Å². The number of nitrogens with zero attached hydrogens (tertiary/aromatic N) is 1. The molecule has 0 fully saturated rings. The zero-order valence-corrected chi connectivity index (χ0v) is 16.9. The monoisotopic (exact) mass is 389 g/mol. The number of halogens is 1. The predicted octanol–water partition coefficient (Wildman–Crippen LogP) is 4.27. The molecule has 0 bridgehead atoms. The molecule has 0 radical (unpaired) electrons. The lowest BCUT2D eigenvalue weighted by Crippen LogP contribution is -2.32. The van der Waals surface area contributed by atoms with Crippen LogP contribution >= 0.6 is 11.8 Å². The number of hydrogen-bond acceptors (Lipinski definition) is 4. The summed E-state index contributed by atoms with van der Waals surface area (Å²) in [4.78, 5) is 25.4. The molecule has 144 valence electrons. The Hall–Kier alpha value is -2.34. The second kappa shape index (κ2) is 9.55. The molecule has 2 rings (SSSR count). The van der Waals surface area contributed by atoms with Crippen LogP contribution in [0.1, 0.15) is 28.4 Å². The molecular formula is C21H24FNO3S. The maximum Gasteiger partial charge on any atom is 0.232 e. The van der Waals surface area contributed by atoms with Gasteiger partial charge in [0.05, 0.1) is 12.3 Å². The van der Waals surface area contributed by atoms with Crippen LogP contribution in [0.5, 0.6) is 5.75 Å². The number of aryl methyl sites for hydroxylation is 2. The maximum absolute atomic E-state index is 14.0. The molecule has 0 aromatic heterocycles. The van der Waals surface area contributed by atoms with E-state index in [9.17, 15) is 14.0 Å². The highest BCUT2D eigenvalue weighted by atomic mass is 32.2. The smallest absolute Gasteiger partial charge is 0.232 e. The number of ketones is 1. The third kappa shape index (κ3) is 6.40. The van der Waals surface area contributed by atoms with E-state index in [1.54, 1.807) is 18.0 Å². The summed E-state index contributed by atoms with van der Waals surface area (Å²) < 4.78 is 19.7. The van der Waals surface area contributed by atoms with Gasteiger partial charge in [0, 0.05) is 17.5 Å². The lowest BCUT2D eigenvalue weighted by molar-refractivity contribution is -0.127. The second-order valence-electron chi connectivity index (χ2n) is 6.48. The van der Waals surface area contributed by atoms with Crippen LogP contribution in [0.15, 0.2) is 41.3 Å². The Balaban J connectivity index is 1.81. The van der Waals surface area contributed by atoms with Crippen LogP contribution in [0.2, 0.25) is 0 Å². The molecule has 0 atom stereocenters. The average Bonchev–Trinajstić information content (AvgIpc) is 2.59. The summed E-state index contributed by atoms with van der Waals surface area (Å²) in [7, 11) is 1.70. The van der Waals surface area contributed by atoms with E-state index in [0.29, 0.717) is 23.6 Å².